The van der Waals surface area contributed by atoms with Gasteiger partial charge in [0, 0.05) is 31.1 Å². The van der Waals surface area contributed by atoms with Crippen molar-refractivity contribution in [3.63, 3.8) is 0 Å². The lowest BCUT2D eigenvalue weighted by atomic mass is 10.3. The molecule has 0 saturated heterocycles. The van der Waals surface area contributed by atoms with Crippen molar-refractivity contribution in [2.45, 2.75) is 32.9 Å². The summed E-state index contributed by atoms with van der Waals surface area (Å²) in [6.45, 7) is 5.88. The normalized spacial score (nSPS) is 11.1. The minimum atomic E-state index is 0.420. The van der Waals surface area contributed by atoms with Gasteiger partial charge >= 0.3 is 0 Å². The van der Waals surface area contributed by atoms with E-state index in [4.69, 9.17) is 11.6 Å². The van der Waals surface area contributed by atoms with Crippen LogP contribution in [0.4, 0.5) is 5.82 Å². The maximum Gasteiger partial charge on any atom is 0.128 e. The Kier molecular flexibility index (Phi) is 6.03. The topological polar surface area (TPSA) is 28.2 Å². The molecule has 0 radical (unpaired) electrons. The summed E-state index contributed by atoms with van der Waals surface area (Å²) < 4.78 is 0. The molecule has 5 heteroatoms. The highest BCUT2D eigenvalue weighted by Gasteiger charge is 2.08. The van der Waals surface area contributed by atoms with E-state index in [1.54, 1.807) is 11.3 Å². The number of pyridine rings is 1. The SMILES string of the molecule is CC(C)NCc1nc(N(C)CCc2cccs2)ccc1Cl. The molecule has 1 N–H and O–H groups in total. The number of nitrogens with zero attached hydrogens (tertiary/aromatic N) is 2. The molecule has 21 heavy (non-hydrogen) atoms. The van der Waals surface area contributed by atoms with E-state index in [1.807, 2.05) is 12.1 Å². The molecule has 2 rings (SSSR count). The van der Waals surface area contributed by atoms with E-state index < -0.39 is 0 Å². The van der Waals surface area contributed by atoms with Gasteiger partial charge in [0.2, 0.25) is 0 Å². The summed E-state index contributed by atoms with van der Waals surface area (Å²) in [5.41, 5.74) is 0.908. The predicted octanol–water partition coefficient (Wildman–Crippen LogP) is 3.97. The monoisotopic (exact) mass is 323 g/mol. The molecule has 0 amide bonds. The highest BCUT2D eigenvalue weighted by atomic mass is 35.5. The van der Waals surface area contributed by atoms with Crippen molar-refractivity contribution in [1.82, 2.24) is 10.3 Å². The van der Waals surface area contributed by atoms with E-state index in [9.17, 15) is 0 Å². The minimum absolute atomic E-state index is 0.420. The van der Waals surface area contributed by atoms with Gasteiger partial charge in [-0.25, -0.2) is 4.98 Å². The van der Waals surface area contributed by atoms with Gasteiger partial charge < -0.3 is 10.2 Å². The van der Waals surface area contributed by atoms with Crippen LogP contribution in [0.3, 0.4) is 0 Å². The summed E-state index contributed by atoms with van der Waals surface area (Å²) in [4.78, 5) is 8.25. The van der Waals surface area contributed by atoms with Crippen molar-refractivity contribution in [1.29, 1.82) is 0 Å². The Bertz CT molecular complexity index is 555. The van der Waals surface area contributed by atoms with Gasteiger partial charge in [-0.05, 0) is 30.0 Å². The largest absolute Gasteiger partial charge is 0.359 e. The standard InChI is InChI=1S/C16H22ClN3S/c1-12(2)18-11-15-14(17)6-7-16(19-15)20(3)9-8-13-5-4-10-21-13/h4-7,10,12,18H,8-9,11H2,1-3H3. The first-order valence-corrected chi connectivity index (χ1v) is 8.44. The summed E-state index contributed by atoms with van der Waals surface area (Å²) in [7, 11) is 2.07. The number of halogens is 1. The molecular formula is C16H22ClN3S. The molecule has 2 aromatic rings. The average molecular weight is 324 g/mol. The second-order valence-corrected chi connectivity index (χ2v) is 6.82. The Morgan fingerprint density at radius 1 is 1.33 bits per heavy atom. The maximum absolute atomic E-state index is 6.22. The maximum atomic E-state index is 6.22. The van der Waals surface area contributed by atoms with Crippen LogP contribution in [0.1, 0.15) is 24.4 Å². The molecule has 0 bridgehead atoms. The fourth-order valence-electron chi connectivity index (χ4n) is 1.96. The molecule has 0 aromatic carbocycles. The first-order chi connectivity index (χ1) is 10.1. The quantitative estimate of drug-likeness (QED) is 0.835. The van der Waals surface area contributed by atoms with Crippen LogP contribution in [0.2, 0.25) is 5.02 Å². The van der Waals surface area contributed by atoms with Crippen LogP contribution in [0.15, 0.2) is 29.6 Å². The second-order valence-electron chi connectivity index (χ2n) is 5.38. The molecule has 0 fully saturated rings. The van der Waals surface area contributed by atoms with E-state index in [0.29, 0.717) is 12.6 Å². The Labute approximate surface area is 136 Å². The van der Waals surface area contributed by atoms with Gasteiger partial charge in [0.15, 0.2) is 0 Å². The van der Waals surface area contributed by atoms with Crippen LogP contribution >= 0.6 is 22.9 Å². The first kappa shape index (κ1) is 16.3. The van der Waals surface area contributed by atoms with Crippen LogP contribution in [0.25, 0.3) is 0 Å². The van der Waals surface area contributed by atoms with Crippen LogP contribution in [-0.2, 0) is 13.0 Å². The molecule has 0 aliphatic heterocycles. The number of thiophene rings is 1. The third kappa shape index (κ3) is 4.99. The third-order valence-electron chi connectivity index (χ3n) is 3.25. The van der Waals surface area contributed by atoms with Crippen molar-refractivity contribution < 1.29 is 0 Å². The fraction of sp³-hybridized carbons (Fsp3) is 0.438. The van der Waals surface area contributed by atoms with E-state index in [-0.39, 0.29) is 0 Å². The van der Waals surface area contributed by atoms with Gasteiger partial charge in [-0.1, -0.05) is 31.5 Å². The minimum Gasteiger partial charge on any atom is -0.359 e. The van der Waals surface area contributed by atoms with Crippen molar-refractivity contribution in [2.24, 2.45) is 0 Å². The number of anilines is 1. The number of rotatable bonds is 7. The Morgan fingerprint density at radius 3 is 2.81 bits per heavy atom. The third-order valence-corrected chi connectivity index (χ3v) is 4.53. The zero-order chi connectivity index (χ0) is 15.2. The lowest BCUT2D eigenvalue weighted by Gasteiger charge is -2.19. The Hall–Kier alpha value is -1.10. The molecular weight excluding hydrogens is 302 g/mol. The average Bonchev–Trinajstić information content (AvgIpc) is 2.97. The van der Waals surface area contributed by atoms with E-state index in [1.165, 1.54) is 4.88 Å². The first-order valence-electron chi connectivity index (χ1n) is 7.18. The number of nitrogens with one attached hydrogen (secondary N) is 1. The van der Waals surface area contributed by atoms with Crippen LogP contribution in [0.5, 0.6) is 0 Å². The summed E-state index contributed by atoms with van der Waals surface area (Å²) in [6.07, 6.45) is 1.04. The molecule has 114 valence electrons. The van der Waals surface area contributed by atoms with E-state index in [0.717, 1.165) is 29.5 Å². The lowest BCUT2D eigenvalue weighted by Crippen LogP contribution is -2.24. The molecule has 0 unspecified atom stereocenters. The van der Waals surface area contributed by atoms with Gasteiger partial charge in [-0.3, -0.25) is 0 Å². The highest BCUT2D eigenvalue weighted by Crippen LogP contribution is 2.19. The molecule has 0 aliphatic rings. The van der Waals surface area contributed by atoms with Gasteiger partial charge in [-0.15, -0.1) is 11.3 Å². The molecule has 3 nitrogen and oxygen atoms in total. The van der Waals surface area contributed by atoms with Crippen molar-refractivity contribution in [3.05, 3.63) is 45.2 Å². The molecule has 2 heterocycles. The molecule has 0 saturated carbocycles. The van der Waals surface area contributed by atoms with Crippen molar-refractivity contribution in [2.75, 3.05) is 18.5 Å². The van der Waals surface area contributed by atoms with Gasteiger partial charge in [-0.2, -0.15) is 0 Å². The van der Waals surface area contributed by atoms with Crippen molar-refractivity contribution >= 4 is 28.8 Å². The summed E-state index contributed by atoms with van der Waals surface area (Å²) >= 11 is 8.02. The number of hydrogen-bond donors (Lipinski definition) is 1. The Morgan fingerprint density at radius 2 is 2.14 bits per heavy atom. The number of hydrogen-bond acceptors (Lipinski definition) is 4. The fourth-order valence-corrected chi connectivity index (χ4v) is 2.83. The van der Waals surface area contributed by atoms with Crippen LogP contribution in [-0.4, -0.2) is 24.6 Å². The van der Waals surface area contributed by atoms with E-state index >= 15 is 0 Å². The zero-order valence-corrected chi connectivity index (χ0v) is 14.3. The van der Waals surface area contributed by atoms with Gasteiger partial charge in [0.25, 0.3) is 0 Å². The smallest absolute Gasteiger partial charge is 0.128 e. The number of aromatic nitrogens is 1. The van der Waals surface area contributed by atoms with Crippen LogP contribution < -0.4 is 10.2 Å². The molecule has 2 aromatic heterocycles. The number of likely N-dealkylation sites (N-methyl/N-ethyl adjacent to an activating group) is 1. The Balaban J connectivity index is 1.99. The zero-order valence-electron chi connectivity index (χ0n) is 12.8. The van der Waals surface area contributed by atoms with Gasteiger partial charge in [0.1, 0.15) is 5.82 Å². The summed E-state index contributed by atoms with van der Waals surface area (Å²) in [5, 5.41) is 6.20. The molecule has 0 aliphatic carbocycles. The van der Waals surface area contributed by atoms with E-state index in [2.05, 4.69) is 53.6 Å². The summed E-state index contributed by atoms with van der Waals surface area (Å²) in [6, 6.07) is 8.60. The highest BCUT2D eigenvalue weighted by molar-refractivity contribution is 7.09. The second kappa shape index (κ2) is 7.78. The molecule has 0 atom stereocenters. The lowest BCUT2D eigenvalue weighted by molar-refractivity contribution is 0.581. The van der Waals surface area contributed by atoms with Gasteiger partial charge in [0.05, 0.1) is 10.7 Å². The summed E-state index contributed by atoms with van der Waals surface area (Å²) in [5.74, 6) is 0.969. The molecule has 0 spiro atoms. The van der Waals surface area contributed by atoms with Crippen LogP contribution in [0, 0.1) is 0 Å². The predicted molar refractivity (Wildman–Crippen MR) is 92.5 cm³/mol. The van der Waals surface area contributed by atoms with Crippen molar-refractivity contribution in [3.8, 4) is 0 Å².